The molecule has 4 atom stereocenters. The summed E-state index contributed by atoms with van der Waals surface area (Å²) in [5.74, 6) is -0.820. The number of alkyl carbamates (subject to hydrolysis) is 1. The summed E-state index contributed by atoms with van der Waals surface area (Å²) in [6.07, 6.45) is -0.0936. The molecule has 0 radical (unpaired) electrons. The summed E-state index contributed by atoms with van der Waals surface area (Å²) in [5, 5.41) is 30.2. The molecule has 1 aromatic carbocycles. The van der Waals surface area contributed by atoms with Gasteiger partial charge < -0.3 is 31.0 Å². The number of pyridine rings is 1. The lowest BCUT2D eigenvalue weighted by Gasteiger charge is -2.26. The highest BCUT2D eigenvalue weighted by atomic mass is 32.1. The molecular formula is C27H38N4O6S. The van der Waals surface area contributed by atoms with Crippen LogP contribution in [0.4, 0.5) is 4.79 Å². The van der Waals surface area contributed by atoms with E-state index in [0.29, 0.717) is 16.8 Å². The van der Waals surface area contributed by atoms with Gasteiger partial charge in [0, 0.05) is 29.5 Å². The molecule has 11 heteroatoms. The van der Waals surface area contributed by atoms with Crippen molar-refractivity contribution in [3.63, 3.8) is 0 Å². The molecule has 0 aliphatic carbocycles. The lowest BCUT2D eigenvalue weighted by atomic mass is 10.0. The molecule has 1 aromatic heterocycles. The molecule has 2 aromatic rings. The first-order valence-electron chi connectivity index (χ1n) is 12.5. The number of amides is 3. The zero-order valence-corrected chi connectivity index (χ0v) is 23.3. The first-order chi connectivity index (χ1) is 17.7. The van der Waals surface area contributed by atoms with Crippen LogP contribution in [0.2, 0.25) is 0 Å². The number of hydrogen-bond acceptors (Lipinski definition) is 7. The van der Waals surface area contributed by atoms with Gasteiger partial charge in [0.15, 0.2) is 6.20 Å². The number of nitrogens with one attached hydrogen (secondary N) is 3. The third-order valence-corrected chi connectivity index (χ3v) is 5.66. The lowest BCUT2D eigenvalue weighted by molar-refractivity contribution is -0.593. The van der Waals surface area contributed by atoms with Crippen molar-refractivity contribution >= 4 is 30.5 Å². The second kappa shape index (κ2) is 14.0. The van der Waals surface area contributed by atoms with Gasteiger partial charge in [-0.2, -0.15) is 17.4 Å². The van der Waals surface area contributed by atoms with Crippen molar-refractivity contribution in [3.05, 3.63) is 59.4 Å². The standard InChI is InChI=1S/C27H38N4O6S/c1-17(38)13-21(30-26(35)37-27(3,4)5)25(34)29-18(2)23(32)16-28-24(33)15-19-9-8-10-20(14-19)22-11-6-7-12-31(22)36/h6-12,14,17-18,21,23,32,38H,13,15-16H2,1-5H3,(H,28,33)(H,29,34)(H,30,35)/t17?,18-,21?,23?/m0/s1. The molecule has 0 spiro atoms. The van der Waals surface area contributed by atoms with E-state index in [4.69, 9.17) is 4.74 Å². The zero-order valence-electron chi connectivity index (χ0n) is 22.4. The molecule has 0 aliphatic rings. The number of carbonyl (C=O) groups is 3. The van der Waals surface area contributed by atoms with Gasteiger partial charge in [-0.3, -0.25) is 9.59 Å². The Balaban J connectivity index is 1.90. The molecule has 1 heterocycles. The molecule has 0 bridgehead atoms. The molecule has 0 saturated carbocycles. The largest absolute Gasteiger partial charge is 0.618 e. The van der Waals surface area contributed by atoms with Crippen molar-refractivity contribution in [1.29, 1.82) is 0 Å². The quantitative estimate of drug-likeness (QED) is 0.166. The summed E-state index contributed by atoms with van der Waals surface area (Å²) in [7, 11) is 0. The van der Waals surface area contributed by atoms with E-state index in [1.807, 2.05) is 0 Å². The lowest BCUT2D eigenvalue weighted by Crippen LogP contribution is -2.54. The minimum Gasteiger partial charge on any atom is -0.618 e. The van der Waals surface area contributed by atoms with Crippen molar-refractivity contribution < 1.29 is 29.0 Å². The summed E-state index contributed by atoms with van der Waals surface area (Å²) >= 11 is 4.31. The number of nitrogens with zero attached hydrogens (tertiary/aromatic N) is 1. The number of benzene rings is 1. The van der Waals surface area contributed by atoms with Crippen LogP contribution in [0.1, 0.15) is 46.6 Å². The fourth-order valence-electron chi connectivity index (χ4n) is 3.58. The van der Waals surface area contributed by atoms with Crippen LogP contribution in [0.5, 0.6) is 0 Å². The molecule has 0 aliphatic heterocycles. The van der Waals surface area contributed by atoms with Crippen molar-refractivity contribution in [1.82, 2.24) is 16.0 Å². The van der Waals surface area contributed by atoms with Gasteiger partial charge in [0.1, 0.15) is 11.6 Å². The van der Waals surface area contributed by atoms with E-state index in [1.165, 1.54) is 6.20 Å². The van der Waals surface area contributed by atoms with Gasteiger partial charge in [0.05, 0.1) is 18.6 Å². The maximum Gasteiger partial charge on any atom is 0.408 e. The van der Waals surface area contributed by atoms with Crippen LogP contribution in [0.15, 0.2) is 48.7 Å². The Labute approximate surface area is 229 Å². The molecule has 10 nitrogen and oxygen atoms in total. The number of rotatable bonds is 11. The molecular weight excluding hydrogens is 508 g/mol. The van der Waals surface area contributed by atoms with Crippen molar-refractivity contribution in [2.45, 2.75) is 76.5 Å². The van der Waals surface area contributed by atoms with Crippen molar-refractivity contribution in [2.24, 2.45) is 0 Å². The van der Waals surface area contributed by atoms with Gasteiger partial charge in [-0.1, -0.05) is 19.1 Å². The molecule has 2 rings (SSSR count). The fraction of sp³-hybridized carbons (Fsp3) is 0.481. The number of aromatic nitrogens is 1. The van der Waals surface area contributed by atoms with Crippen LogP contribution in [-0.2, 0) is 20.7 Å². The first-order valence-corrected chi connectivity index (χ1v) is 13.0. The number of ether oxygens (including phenoxy) is 1. The monoisotopic (exact) mass is 546 g/mol. The smallest absolute Gasteiger partial charge is 0.408 e. The van der Waals surface area contributed by atoms with E-state index in [9.17, 15) is 24.7 Å². The summed E-state index contributed by atoms with van der Waals surface area (Å²) in [4.78, 5) is 37.5. The summed E-state index contributed by atoms with van der Waals surface area (Å²) in [6.45, 7) is 8.46. The van der Waals surface area contributed by atoms with Crippen LogP contribution in [0.25, 0.3) is 11.3 Å². The van der Waals surface area contributed by atoms with Crippen LogP contribution >= 0.6 is 12.6 Å². The van der Waals surface area contributed by atoms with E-state index in [2.05, 4.69) is 28.6 Å². The number of aliphatic hydroxyl groups is 1. The van der Waals surface area contributed by atoms with E-state index < -0.39 is 35.8 Å². The molecule has 208 valence electrons. The molecule has 0 saturated heterocycles. The normalized spacial score (nSPS) is 14.5. The average molecular weight is 547 g/mol. The molecule has 0 fully saturated rings. The number of aliphatic hydroxyl groups excluding tert-OH is 1. The third-order valence-electron chi connectivity index (χ3n) is 5.45. The first kappa shape index (κ1) is 30.9. The summed E-state index contributed by atoms with van der Waals surface area (Å²) < 4.78 is 6.00. The highest BCUT2D eigenvalue weighted by molar-refractivity contribution is 7.80. The van der Waals surface area contributed by atoms with Gasteiger partial charge in [-0.05, 0) is 57.9 Å². The second-order valence-electron chi connectivity index (χ2n) is 10.2. The summed E-state index contributed by atoms with van der Waals surface area (Å²) in [5.41, 5.74) is 1.14. The van der Waals surface area contributed by atoms with Gasteiger partial charge in [-0.25, -0.2) is 4.79 Å². The van der Waals surface area contributed by atoms with E-state index in [1.54, 1.807) is 77.1 Å². The minimum atomic E-state index is -1.08. The maximum atomic E-state index is 12.8. The summed E-state index contributed by atoms with van der Waals surface area (Å²) in [6, 6.07) is 10.6. The number of thiol groups is 1. The fourth-order valence-corrected chi connectivity index (χ4v) is 3.79. The van der Waals surface area contributed by atoms with Gasteiger partial charge in [0.25, 0.3) is 0 Å². The predicted molar refractivity (Wildman–Crippen MR) is 147 cm³/mol. The molecule has 38 heavy (non-hydrogen) atoms. The van der Waals surface area contributed by atoms with E-state index >= 15 is 0 Å². The van der Waals surface area contributed by atoms with Crippen LogP contribution in [0.3, 0.4) is 0 Å². The third kappa shape index (κ3) is 10.6. The Morgan fingerprint density at radius 3 is 2.45 bits per heavy atom. The van der Waals surface area contributed by atoms with Crippen LogP contribution < -0.4 is 20.7 Å². The van der Waals surface area contributed by atoms with Crippen LogP contribution in [-0.4, -0.2) is 58.6 Å². The Bertz CT molecular complexity index is 1100. The van der Waals surface area contributed by atoms with Crippen LogP contribution in [0, 0.1) is 5.21 Å². The second-order valence-corrected chi connectivity index (χ2v) is 11.1. The zero-order chi connectivity index (χ0) is 28.5. The highest BCUT2D eigenvalue weighted by Gasteiger charge is 2.27. The molecule has 3 unspecified atom stereocenters. The predicted octanol–water partition coefficient (Wildman–Crippen LogP) is 2.11. The SMILES string of the molecule is CC(S)CC(NC(=O)OC(C)(C)C)C(=O)N[C@@H](C)C(O)CNC(=O)Cc1cccc(-c2cccc[n+]2[O-])c1. The molecule has 3 amide bonds. The maximum absolute atomic E-state index is 12.8. The van der Waals surface area contributed by atoms with Crippen molar-refractivity contribution in [3.8, 4) is 11.3 Å². The highest BCUT2D eigenvalue weighted by Crippen LogP contribution is 2.17. The van der Waals surface area contributed by atoms with Gasteiger partial charge in [0.2, 0.25) is 17.5 Å². The van der Waals surface area contributed by atoms with E-state index in [0.717, 1.165) is 4.73 Å². The van der Waals surface area contributed by atoms with Gasteiger partial charge in [-0.15, -0.1) is 0 Å². The topological polar surface area (TPSA) is 144 Å². The van der Waals surface area contributed by atoms with E-state index in [-0.39, 0.29) is 30.5 Å². The van der Waals surface area contributed by atoms with Gasteiger partial charge >= 0.3 is 6.09 Å². The average Bonchev–Trinajstić information content (AvgIpc) is 2.81. The number of carbonyl (C=O) groups excluding carboxylic acids is 3. The Morgan fingerprint density at radius 1 is 1.11 bits per heavy atom. The Hall–Kier alpha value is -3.31. The minimum absolute atomic E-state index is 0.0503. The Morgan fingerprint density at radius 2 is 1.82 bits per heavy atom. The number of hydrogen-bond donors (Lipinski definition) is 5. The molecule has 4 N–H and O–H groups in total. The van der Waals surface area contributed by atoms with Crippen molar-refractivity contribution in [2.75, 3.05) is 6.54 Å². The Kier molecular flexibility index (Phi) is 11.4.